The van der Waals surface area contributed by atoms with Crippen molar-refractivity contribution >= 4 is 35.5 Å². The average molecular weight is 151 g/mol. The molecule has 2 nitrogen and oxygen atoms in total. The molecule has 1 fully saturated rings. The Morgan fingerprint density at radius 2 is 1.70 bits per heavy atom. The summed E-state index contributed by atoms with van der Waals surface area (Å²) in [4.78, 5) is 10.4. The Hall–Kier alpha value is 0.470. The Morgan fingerprint density at radius 3 is 2.00 bits per heavy atom. The van der Waals surface area contributed by atoms with Gasteiger partial charge in [-0.25, -0.2) is 0 Å². The summed E-state index contributed by atoms with van der Waals surface area (Å²) in [5.74, 6) is -0.631. The molecule has 53 valence electrons. The fourth-order valence-corrected chi connectivity index (χ4v) is 1.35. The molecular weight excluding hydrogens is 139 g/mol. The van der Waals surface area contributed by atoms with Gasteiger partial charge in [-0.1, -0.05) is 19.3 Å². The molecule has 1 rings (SSSR count). The van der Waals surface area contributed by atoms with E-state index in [1.165, 1.54) is 6.42 Å². The number of carbonyl (C=O) groups is 1. The van der Waals surface area contributed by atoms with Gasteiger partial charge in [0, 0.05) is 29.6 Å². The maximum atomic E-state index is 10.4. The zero-order valence-corrected chi connectivity index (χ0v) is 8.47. The molecule has 0 aliphatic heterocycles. The first kappa shape index (κ1) is 10.5. The molecular formula is C7H12NaO2. The van der Waals surface area contributed by atoms with Gasteiger partial charge in [-0.3, -0.25) is 4.79 Å². The second-order valence-electron chi connectivity index (χ2n) is 2.67. The van der Waals surface area contributed by atoms with Crippen LogP contribution in [0.15, 0.2) is 0 Å². The van der Waals surface area contributed by atoms with Crippen LogP contribution in [-0.4, -0.2) is 40.6 Å². The predicted octanol–water partition coefficient (Wildman–Crippen LogP) is 1.27. The van der Waals surface area contributed by atoms with E-state index in [4.69, 9.17) is 5.11 Å². The van der Waals surface area contributed by atoms with Gasteiger partial charge in [-0.05, 0) is 12.8 Å². The largest absolute Gasteiger partial charge is 0.481 e. The number of hydrogen-bond donors (Lipinski definition) is 1. The number of hydrogen-bond acceptors (Lipinski definition) is 1. The topological polar surface area (TPSA) is 37.3 Å². The molecule has 0 bridgehead atoms. The molecule has 1 aliphatic carbocycles. The molecule has 1 aliphatic rings. The Kier molecular flexibility index (Phi) is 5.41. The molecule has 0 atom stereocenters. The quantitative estimate of drug-likeness (QED) is 0.573. The van der Waals surface area contributed by atoms with Gasteiger partial charge in [-0.2, -0.15) is 0 Å². The third-order valence-corrected chi connectivity index (χ3v) is 1.95. The molecule has 1 saturated carbocycles. The molecule has 0 amide bonds. The minimum atomic E-state index is -0.602. The zero-order valence-electron chi connectivity index (χ0n) is 6.47. The summed E-state index contributed by atoms with van der Waals surface area (Å²) < 4.78 is 0. The first-order valence-corrected chi connectivity index (χ1v) is 3.53. The van der Waals surface area contributed by atoms with Gasteiger partial charge in [-0.15, -0.1) is 0 Å². The first-order valence-electron chi connectivity index (χ1n) is 3.53. The SMILES string of the molecule is O=C(O)C1CCCCC1.[Na]. The number of rotatable bonds is 1. The van der Waals surface area contributed by atoms with Crippen LogP contribution in [0.4, 0.5) is 0 Å². The maximum Gasteiger partial charge on any atom is 0.306 e. The normalized spacial score (nSPS) is 19.6. The molecule has 0 aromatic carbocycles. The van der Waals surface area contributed by atoms with Gasteiger partial charge in [0.1, 0.15) is 0 Å². The molecule has 1 radical (unpaired) electrons. The van der Waals surface area contributed by atoms with Gasteiger partial charge >= 0.3 is 5.97 Å². The van der Waals surface area contributed by atoms with Crippen molar-refractivity contribution in [2.24, 2.45) is 5.92 Å². The second-order valence-corrected chi connectivity index (χ2v) is 2.67. The fourth-order valence-electron chi connectivity index (χ4n) is 1.35. The summed E-state index contributed by atoms with van der Waals surface area (Å²) in [5.41, 5.74) is 0. The number of carboxylic acids is 1. The molecule has 3 heteroatoms. The van der Waals surface area contributed by atoms with Gasteiger partial charge < -0.3 is 5.11 Å². The second kappa shape index (κ2) is 5.16. The minimum absolute atomic E-state index is 0. The van der Waals surface area contributed by atoms with E-state index < -0.39 is 5.97 Å². The van der Waals surface area contributed by atoms with Crippen molar-refractivity contribution in [3.63, 3.8) is 0 Å². The Balaban J connectivity index is 0.000000810. The minimum Gasteiger partial charge on any atom is -0.481 e. The van der Waals surface area contributed by atoms with E-state index in [1.54, 1.807) is 0 Å². The van der Waals surface area contributed by atoms with Crippen molar-refractivity contribution < 1.29 is 9.90 Å². The van der Waals surface area contributed by atoms with E-state index >= 15 is 0 Å². The molecule has 0 aromatic heterocycles. The molecule has 10 heavy (non-hydrogen) atoms. The summed E-state index contributed by atoms with van der Waals surface area (Å²) >= 11 is 0. The smallest absolute Gasteiger partial charge is 0.306 e. The number of carboxylic acid groups (broad SMARTS) is 1. The van der Waals surface area contributed by atoms with Crippen molar-refractivity contribution in [2.75, 3.05) is 0 Å². The predicted molar refractivity (Wildman–Crippen MR) is 40.0 cm³/mol. The van der Waals surface area contributed by atoms with Crippen LogP contribution in [0.5, 0.6) is 0 Å². The van der Waals surface area contributed by atoms with Crippen LogP contribution in [0.1, 0.15) is 32.1 Å². The first-order chi connectivity index (χ1) is 4.30. The van der Waals surface area contributed by atoms with Crippen LogP contribution in [-0.2, 0) is 4.79 Å². The molecule has 0 aromatic rings. The van der Waals surface area contributed by atoms with Crippen LogP contribution in [0.3, 0.4) is 0 Å². The summed E-state index contributed by atoms with van der Waals surface area (Å²) in [6, 6.07) is 0. The van der Waals surface area contributed by atoms with E-state index in [2.05, 4.69) is 0 Å². The van der Waals surface area contributed by atoms with Gasteiger partial charge in [0.05, 0.1) is 5.92 Å². The van der Waals surface area contributed by atoms with Gasteiger partial charge in [0.15, 0.2) is 0 Å². The maximum absolute atomic E-state index is 10.4. The Morgan fingerprint density at radius 1 is 1.20 bits per heavy atom. The molecule has 0 unspecified atom stereocenters. The standard InChI is InChI=1S/C7H12O2.Na/c8-7(9)6-4-2-1-3-5-6;/h6H,1-5H2,(H,8,9);. The van der Waals surface area contributed by atoms with Crippen LogP contribution in [0.2, 0.25) is 0 Å². The van der Waals surface area contributed by atoms with E-state index in [1.807, 2.05) is 0 Å². The van der Waals surface area contributed by atoms with Crippen LogP contribution >= 0.6 is 0 Å². The Bertz CT molecular complexity index is 108. The molecule has 0 saturated heterocycles. The molecule has 1 N–H and O–H groups in total. The van der Waals surface area contributed by atoms with Crippen molar-refractivity contribution in [2.45, 2.75) is 32.1 Å². The van der Waals surface area contributed by atoms with Crippen molar-refractivity contribution in [3.8, 4) is 0 Å². The monoisotopic (exact) mass is 151 g/mol. The van der Waals surface area contributed by atoms with Crippen LogP contribution < -0.4 is 0 Å². The van der Waals surface area contributed by atoms with E-state index in [0.717, 1.165) is 25.7 Å². The third-order valence-electron chi connectivity index (χ3n) is 1.95. The fraction of sp³-hybridized carbons (Fsp3) is 0.857. The van der Waals surface area contributed by atoms with Gasteiger partial charge in [0.25, 0.3) is 0 Å². The Labute approximate surface area is 83.3 Å². The summed E-state index contributed by atoms with van der Waals surface area (Å²) in [5, 5.41) is 8.54. The summed E-state index contributed by atoms with van der Waals surface area (Å²) in [6.07, 6.45) is 5.24. The zero-order chi connectivity index (χ0) is 6.69. The van der Waals surface area contributed by atoms with Crippen molar-refractivity contribution in [1.82, 2.24) is 0 Å². The van der Waals surface area contributed by atoms with E-state index in [-0.39, 0.29) is 35.5 Å². The van der Waals surface area contributed by atoms with Gasteiger partial charge in [0.2, 0.25) is 0 Å². The average Bonchev–Trinajstić information content (AvgIpc) is 1.90. The summed E-state index contributed by atoms with van der Waals surface area (Å²) in [6.45, 7) is 0. The molecule has 0 heterocycles. The van der Waals surface area contributed by atoms with Crippen LogP contribution in [0.25, 0.3) is 0 Å². The van der Waals surface area contributed by atoms with Crippen LogP contribution in [0, 0.1) is 5.92 Å². The van der Waals surface area contributed by atoms with E-state index in [9.17, 15) is 4.79 Å². The molecule has 0 spiro atoms. The van der Waals surface area contributed by atoms with Crippen molar-refractivity contribution in [1.29, 1.82) is 0 Å². The van der Waals surface area contributed by atoms with E-state index in [0.29, 0.717) is 0 Å². The third kappa shape index (κ3) is 3.04. The van der Waals surface area contributed by atoms with Crippen molar-refractivity contribution in [3.05, 3.63) is 0 Å². The summed E-state index contributed by atoms with van der Waals surface area (Å²) in [7, 11) is 0. The number of aliphatic carboxylic acids is 1.